The maximum absolute atomic E-state index is 13.0. The van der Waals surface area contributed by atoms with Gasteiger partial charge in [-0.05, 0) is 81.0 Å². The van der Waals surface area contributed by atoms with Crippen molar-refractivity contribution in [2.45, 2.75) is 52.0 Å². The fourth-order valence-electron chi connectivity index (χ4n) is 4.25. The van der Waals surface area contributed by atoms with Crippen molar-refractivity contribution in [3.8, 4) is 0 Å². The number of carbonyl (C=O) groups excluding carboxylic acids is 1. The van der Waals surface area contributed by atoms with Crippen LogP contribution in [0.25, 0.3) is 10.2 Å². The average molecular weight is 472 g/mol. The quantitative estimate of drug-likeness (QED) is 0.562. The number of piperidine rings is 1. The molecule has 1 saturated heterocycles. The van der Waals surface area contributed by atoms with Crippen LogP contribution in [0.1, 0.15) is 48.2 Å². The molecule has 1 aliphatic rings. The van der Waals surface area contributed by atoms with Crippen molar-refractivity contribution in [3.05, 3.63) is 57.9 Å². The van der Waals surface area contributed by atoms with Crippen LogP contribution in [0.3, 0.4) is 0 Å². The largest absolute Gasteiger partial charge is 0.316 e. The summed E-state index contributed by atoms with van der Waals surface area (Å²) < 4.78 is 30.6. The lowest BCUT2D eigenvalue weighted by molar-refractivity contribution is 0.0997. The summed E-state index contributed by atoms with van der Waals surface area (Å²) in [5.41, 5.74) is 3.89. The predicted molar refractivity (Wildman–Crippen MR) is 128 cm³/mol. The lowest BCUT2D eigenvalue weighted by Crippen LogP contribution is -2.39. The van der Waals surface area contributed by atoms with E-state index in [1.54, 1.807) is 16.4 Å². The molecule has 2 aromatic carbocycles. The average Bonchev–Trinajstić information content (AvgIpc) is 3.14. The lowest BCUT2D eigenvalue weighted by Gasteiger charge is -2.30. The fraction of sp³-hybridized carbons (Fsp3) is 0.417. The van der Waals surface area contributed by atoms with E-state index in [2.05, 4.69) is 42.5 Å². The molecule has 0 N–H and O–H groups in total. The molecule has 6 nitrogen and oxygen atoms in total. The molecule has 1 aliphatic heterocycles. The molecule has 0 bridgehead atoms. The zero-order valence-electron chi connectivity index (χ0n) is 19.0. The van der Waals surface area contributed by atoms with Crippen molar-refractivity contribution in [2.75, 3.05) is 13.1 Å². The van der Waals surface area contributed by atoms with Gasteiger partial charge in [-0.25, -0.2) is 8.42 Å². The third-order valence-corrected chi connectivity index (χ3v) is 9.16. The minimum Gasteiger partial charge on any atom is -0.316 e. The Kier molecular flexibility index (Phi) is 6.38. The number of sulfonamides is 1. The van der Waals surface area contributed by atoms with Crippen LogP contribution in [0.5, 0.6) is 0 Å². The first-order valence-corrected chi connectivity index (χ1v) is 13.3. The first-order valence-electron chi connectivity index (χ1n) is 11.0. The summed E-state index contributed by atoms with van der Waals surface area (Å²) in [6, 6.07) is 10.3. The Morgan fingerprint density at radius 2 is 1.88 bits per heavy atom. The smallest absolute Gasteiger partial charge is 0.279 e. The van der Waals surface area contributed by atoms with Crippen LogP contribution in [0.4, 0.5) is 0 Å². The maximum atomic E-state index is 13.0. The SMILES string of the molecule is CCn1c(=NC(=O)c2ccc(S(=O)(=O)N3CCCC(C)C3)cc2)sc2ccc(C)c(C)c21. The molecular formula is C24H29N3O3S2. The first kappa shape index (κ1) is 22.9. The van der Waals surface area contributed by atoms with Gasteiger partial charge < -0.3 is 4.57 Å². The number of hydrogen-bond donors (Lipinski definition) is 0. The van der Waals surface area contributed by atoms with Gasteiger partial charge >= 0.3 is 0 Å². The molecule has 3 aromatic rings. The van der Waals surface area contributed by atoms with Gasteiger partial charge in [0.25, 0.3) is 5.91 Å². The van der Waals surface area contributed by atoms with Gasteiger partial charge in [0.1, 0.15) is 0 Å². The molecular weight excluding hydrogens is 442 g/mol. The van der Waals surface area contributed by atoms with E-state index in [0.29, 0.717) is 35.9 Å². The Bertz CT molecular complexity index is 1340. The van der Waals surface area contributed by atoms with Crippen LogP contribution in [0, 0.1) is 19.8 Å². The van der Waals surface area contributed by atoms with Crippen LogP contribution < -0.4 is 4.80 Å². The Morgan fingerprint density at radius 1 is 1.16 bits per heavy atom. The maximum Gasteiger partial charge on any atom is 0.279 e. The monoisotopic (exact) mass is 471 g/mol. The van der Waals surface area contributed by atoms with Gasteiger partial charge in [0, 0.05) is 25.2 Å². The highest BCUT2D eigenvalue weighted by atomic mass is 32.2. The summed E-state index contributed by atoms with van der Waals surface area (Å²) in [7, 11) is -3.54. The lowest BCUT2D eigenvalue weighted by atomic mass is 10.0. The second-order valence-electron chi connectivity index (χ2n) is 8.53. The van der Waals surface area contributed by atoms with E-state index < -0.39 is 10.0 Å². The molecule has 2 heterocycles. The zero-order valence-corrected chi connectivity index (χ0v) is 20.6. The molecule has 0 radical (unpaired) electrons. The fourth-order valence-corrected chi connectivity index (χ4v) is 7.00. The number of aryl methyl sites for hydroxylation is 3. The molecule has 0 spiro atoms. The number of nitrogens with zero attached hydrogens (tertiary/aromatic N) is 3. The number of rotatable bonds is 4. The van der Waals surface area contributed by atoms with E-state index in [1.165, 1.54) is 34.6 Å². The summed E-state index contributed by atoms with van der Waals surface area (Å²) in [5, 5.41) is 0. The molecule has 0 saturated carbocycles. The van der Waals surface area contributed by atoms with Gasteiger partial charge in [-0.1, -0.05) is 24.3 Å². The topological polar surface area (TPSA) is 71.7 Å². The first-order chi connectivity index (χ1) is 15.2. The van der Waals surface area contributed by atoms with Gasteiger partial charge in [0.2, 0.25) is 10.0 Å². The zero-order chi connectivity index (χ0) is 23.0. The summed E-state index contributed by atoms with van der Waals surface area (Å²) in [6.45, 7) is 10.1. The van der Waals surface area contributed by atoms with E-state index in [0.717, 1.165) is 23.1 Å². The molecule has 170 valence electrons. The Balaban J connectivity index is 1.65. The van der Waals surface area contributed by atoms with Gasteiger partial charge in [0.15, 0.2) is 4.80 Å². The number of hydrogen-bond acceptors (Lipinski definition) is 4. The third kappa shape index (κ3) is 4.19. The van der Waals surface area contributed by atoms with Crippen molar-refractivity contribution in [2.24, 2.45) is 10.9 Å². The normalized spacial score (nSPS) is 18.4. The van der Waals surface area contributed by atoms with Gasteiger partial charge in [0.05, 0.1) is 15.1 Å². The minimum atomic E-state index is -3.54. The van der Waals surface area contributed by atoms with Gasteiger partial charge in [-0.2, -0.15) is 9.30 Å². The molecule has 4 rings (SSSR count). The van der Waals surface area contributed by atoms with E-state index in [1.807, 2.05) is 6.92 Å². The Morgan fingerprint density at radius 3 is 2.53 bits per heavy atom. The van der Waals surface area contributed by atoms with Gasteiger partial charge in [-0.3, -0.25) is 4.79 Å². The summed E-state index contributed by atoms with van der Waals surface area (Å²) >= 11 is 1.49. The van der Waals surface area contributed by atoms with Crippen molar-refractivity contribution >= 4 is 37.5 Å². The molecule has 32 heavy (non-hydrogen) atoms. The number of aromatic nitrogens is 1. The number of thiazole rings is 1. The highest BCUT2D eigenvalue weighted by molar-refractivity contribution is 7.89. The summed E-state index contributed by atoms with van der Waals surface area (Å²) in [6.07, 6.45) is 1.93. The van der Waals surface area contributed by atoms with E-state index >= 15 is 0 Å². The van der Waals surface area contributed by atoms with Crippen LogP contribution in [0.15, 0.2) is 46.3 Å². The minimum absolute atomic E-state index is 0.222. The highest BCUT2D eigenvalue weighted by Gasteiger charge is 2.28. The molecule has 1 unspecified atom stereocenters. The molecule has 1 amide bonds. The standard InChI is InChI=1S/C24H29N3O3S2/c1-5-27-22-18(4)17(3)8-13-21(22)31-24(27)25-23(28)19-9-11-20(12-10-19)32(29,30)26-14-6-7-16(2)15-26/h8-13,16H,5-7,14-15H2,1-4H3. The number of fused-ring (bicyclic) bond motifs is 1. The van der Waals surface area contributed by atoms with Crippen LogP contribution in [-0.2, 0) is 16.6 Å². The van der Waals surface area contributed by atoms with E-state index in [9.17, 15) is 13.2 Å². The number of benzene rings is 2. The summed E-state index contributed by atoms with van der Waals surface area (Å²) in [4.78, 5) is 18.1. The Hall–Kier alpha value is -2.29. The van der Waals surface area contributed by atoms with Gasteiger partial charge in [-0.15, -0.1) is 0 Å². The van der Waals surface area contributed by atoms with Crippen molar-refractivity contribution in [3.63, 3.8) is 0 Å². The second kappa shape index (κ2) is 8.92. The number of carbonyl (C=O) groups is 1. The predicted octanol–water partition coefficient (Wildman–Crippen LogP) is 4.50. The molecule has 0 aliphatic carbocycles. The van der Waals surface area contributed by atoms with Crippen LogP contribution >= 0.6 is 11.3 Å². The summed E-state index contributed by atoms with van der Waals surface area (Å²) in [5.74, 6) is -0.0131. The second-order valence-corrected chi connectivity index (χ2v) is 11.5. The van der Waals surface area contributed by atoms with Crippen molar-refractivity contribution < 1.29 is 13.2 Å². The number of amides is 1. The highest BCUT2D eigenvalue weighted by Crippen LogP contribution is 2.25. The van der Waals surface area contributed by atoms with Crippen LogP contribution in [0.2, 0.25) is 0 Å². The molecule has 8 heteroatoms. The van der Waals surface area contributed by atoms with E-state index in [-0.39, 0.29) is 10.8 Å². The van der Waals surface area contributed by atoms with Crippen molar-refractivity contribution in [1.82, 2.24) is 8.87 Å². The van der Waals surface area contributed by atoms with E-state index in [4.69, 9.17) is 0 Å². The molecule has 1 aromatic heterocycles. The molecule has 1 fully saturated rings. The Labute approximate surface area is 193 Å². The van der Waals surface area contributed by atoms with Crippen LogP contribution in [-0.4, -0.2) is 36.3 Å². The molecule has 1 atom stereocenters. The van der Waals surface area contributed by atoms with Crippen molar-refractivity contribution in [1.29, 1.82) is 0 Å². The third-order valence-electron chi connectivity index (χ3n) is 6.24.